The van der Waals surface area contributed by atoms with E-state index in [1.54, 1.807) is 0 Å². The van der Waals surface area contributed by atoms with Gasteiger partial charge in [-0.05, 0) is 459 Å². The molecule has 17 atom stereocenters. The fraction of sp³-hybridized carbons (Fsp3) is 0.943. The maximum Gasteiger partial charge on any atom is 0.313 e. The van der Waals surface area contributed by atoms with Gasteiger partial charge in [-0.25, -0.2) is 0 Å². The SMILES string of the molecule is CCC(C)(C)C(=O)OC(C)OC1C2(C)CCC(C2)C1(C)C.CCC(C)(C)C(=O)OC(C)OC1CC2CCC1(C)C2(C)C.CCC(C)(C)C(=O)OCOC1C2(C)CCC(C2)C1(C)C.CCC(C)(C)C(=O)OCOC1CC2CCC1(C)C2(C)C.CCC(C)(C)C(=O)OCOCC1(C)C2CC3CC(C2)CC1C3.CCC(C)(C)C(=O)OCOCC1(C)CC2CCC1C2.CCC(C)(C)C(=O)OCOCC12CC3CC(CC(C3)C1)C2. The zero-order valence-electron chi connectivity index (χ0n) is 98.7. The van der Waals surface area contributed by atoms with E-state index in [2.05, 4.69) is 96.9 Å². The molecule has 144 heavy (non-hydrogen) atoms. The third-order valence-electron chi connectivity index (χ3n) is 44.4. The quantitative estimate of drug-likeness (QED) is 0.0241. The van der Waals surface area contributed by atoms with Gasteiger partial charge in [-0.2, -0.15) is 0 Å². The molecule has 0 saturated heterocycles. The molecule has 0 spiro atoms. The molecule has 0 N–H and O–H groups in total. The standard InChI is InChI=1S/C19H32O3.C18H30O3.2C18H32O3.2C17H30O3.C16H28O3/c1-5-18(2,3)17(20)22-12-21-11-19(4)15-7-13-6-14(9-15)10-16(19)8-13;1-4-17(2,3)16(19)21-12-20-11-18-8-13-5-14(9-18)7-15(6-13)10-18;1-8-16(3,4)15(19)21-12(2)20-14-17(5,6)13-9-10-18(14,7)11-13;1-8-16(3,4)15(19)21-12(2)20-14-11-13-9-10-18(14,7)17(13,5)6;1-7-15(2,3)14(18)20-11-19-13-16(4,5)12-8-9-17(13,6)10-12;1-7-15(2,3)14(18)20-11-19-13-10-12-8-9-17(13,6)16(12,4)5;1-5-15(2,3)14(17)19-11-18-10-16(4)9-12-6-7-13(16)8-12/h13-16H,5-12H2,1-4H3;13-15H,4-12H2,1-3H3;2*12-14H,8-11H2,1-7H3;2*12-13H,7-11H2,1-6H3;12-13H,5-11H2,1-4H3. The van der Waals surface area contributed by atoms with Gasteiger partial charge < -0.3 is 66.3 Å². The lowest BCUT2D eigenvalue weighted by molar-refractivity contribution is -0.219. The van der Waals surface area contributed by atoms with Crippen molar-refractivity contribution >= 4 is 41.8 Å². The average Bonchev–Trinajstić information content (AvgIpc) is 1.48. The zero-order chi connectivity index (χ0) is 108. The van der Waals surface area contributed by atoms with Crippen molar-refractivity contribution in [3.63, 3.8) is 0 Å². The lowest BCUT2D eigenvalue weighted by Crippen LogP contribution is -2.53. The molecule has 21 heteroatoms. The zero-order valence-corrected chi connectivity index (χ0v) is 98.7. The fourth-order valence-electron chi connectivity index (χ4n) is 30.3. The Morgan fingerprint density at radius 1 is 0.285 bits per heavy atom. The summed E-state index contributed by atoms with van der Waals surface area (Å²) in [7, 11) is 0. The third kappa shape index (κ3) is 27.0. The normalized spacial score (nSPS) is 36.3. The number of hydrogen-bond donors (Lipinski definition) is 0. The van der Waals surface area contributed by atoms with Gasteiger partial charge in [0.1, 0.15) is 0 Å². The first-order valence-electron chi connectivity index (χ1n) is 58.1. The molecule has 0 heterocycles. The predicted octanol–water partition coefficient (Wildman–Crippen LogP) is 29.7. The number of fused-ring (bicyclic) bond motifs is 10. The van der Waals surface area contributed by atoms with E-state index in [0.29, 0.717) is 27.1 Å². The lowest BCUT2D eigenvalue weighted by Gasteiger charge is -2.60. The molecular weight excluding hydrogens is 1810 g/mol. The van der Waals surface area contributed by atoms with E-state index < -0.39 is 50.5 Å². The van der Waals surface area contributed by atoms with Gasteiger partial charge >= 0.3 is 41.8 Å². The van der Waals surface area contributed by atoms with Crippen LogP contribution in [-0.2, 0) is 99.9 Å². The molecule has 17 unspecified atom stereocenters. The van der Waals surface area contributed by atoms with E-state index >= 15 is 0 Å². The highest BCUT2D eigenvalue weighted by Gasteiger charge is 2.66. The monoisotopic (exact) mass is 2030 g/mol. The summed E-state index contributed by atoms with van der Waals surface area (Å²) in [4.78, 5) is 83.9. The number of hydrogen-bond acceptors (Lipinski definition) is 21. The molecule has 0 aromatic carbocycles. The van der Waals surface area contributed by atoms with Crippen molar-refractivity contribution in [3.05, 3.63) is 0 Å². The van der Waals surface area contributed by atoms with Crippen molar-refractivity contribution < 1.29 is 99.9 Å². The first kappa shape index (κ1) is 122. The van der Waals surface area contributed by atoms with Gasteiger partial charge in [0.2, 0.25) is 0 Å². The van der Waals surface area contributed by atoms with Crippen LogP contribution in [-0.4, -0.2) is 133 Å². The van der Waals surface area contributed by atoms with Gasteiger partial charge in [-0.1, -0.05) is 152 Å². The van der Waals surface area contributed by atoms with Crippen molar-refractivity contribution in [2.24, 2.45) is 174 Å². The van der Waals surface area contributed by atoms with Crippen LogP contribution in [0.2, 0.25) is 0 Å². The molecular formula is C123H214O21. The molecule has 18 fully saturated rings. The molecule has 0 amide bonds. The van der Waals surface area contributed by atoms with E-state index in [0.717, 1.165) is 155 Å². The molecule has 18 aliphatic carbocycles. The minimum Gasteiger partial charge on any atom is -0.438 e. The molecule has 18 bridgehead atoms. The molecule has 832 valence electrons. The maximum absolute atomic E-state index is 12.2. The Morgan fingerprint density at radius 3 is 0.938 bits per heavy atom. The first-order chi connectivity index (χ1) is 66.5. The highest BCUT2D eigenvalue weighted by Crippen LogP contribution is 2.70. The summed E-state index contributed by atoms with van der Waals surface area (Å²) in [6, 6.07) is 0. The number of rotatable bonds is 38. The fourth-order valence-corrected chi connectivity index (χ4v) is 30.3. The Labute approximate surface area is 876 Å². The summed E-state index contributed by atoms with van der Waals surface area (Å²) >= 11 is 0. The van der Waals surface area contributed by atoms with E-state index in [-0.39, 0.29) is 133 Å². The number of ether oxygens (including phenoxy) is 14. The van der Waals surface area contributed by atoms with Gasteiger partial charge in [-0.15, -0.1) is 0 Å². The Morgan fingerprint density at radius 2 is 0.604 bits per heavy atom. The van der Waals surface area contributed by atoms with Gasteiger partial charge in [0.15, 0.2) is 46.5 Å². The lowest BCUT2D eigenvalue weighted by atomic mass is 9.46. The minimum atomic E-state index is -0.469. The van der Waals surface area contributed by atoms with Gasteiger partial charge in [0, 0.05) is 0 Å². The van der Waals surface area contributed by atoms with Crippen molar-refractivity contribution in [2.45, 2.75) is 511 Å². The van der Waals surface area contributed by atoms with Crippen LogP contribution in [0, 0.1) is 174 Å². The smallest absolute Gasteiger partial charge is 0.313 e. The number of esters is 7. The van der Waals surface area contributed by atoms with Crippen LogP contribution in [0.1, 0.15) is 474 Å². The highest BCUT2D eigenvalue weighted by molar-refractivity contribution is 5.78. The Kier molecular flexibility index (Phi) is 39.5. The molecule has 0 aromatic heterocycles. The second-order valence-corrected chi connectivity index (χ2v) is 58.3. The summed E-state index contributed by atoms with van der Waals surface area (Å²) in [5, 5.41) is 0. The van der Waals surface area contributed by atoms with Crippen LogP contribution in [0.3, 0.4) is 0 Å². The van der Waals surface area contributed by atoms with Crippen molar-refractivity contribution in [1.82, 2.24) is 0 Å². The van der Waals surface area contributed by atoms with Crippen molar-refractivity contribution in [3.8, 4) is 0 Å². The predicted molar refractivity (Wildman–Crippen MR) is 568 cm³/mol. The first-order valence-corrected chi connectivity index (χ1v) is 58.1. The molecule has 0 radical (unpaired) electrons. The van der Waals surface area contributed by atoms with Crippen molar-refractivity contribution in [1.29, 1.82) is 0 Å². The van der Waals surface area contributed by atoms with Gasteiger partial charge in [-0.3, -0.25) is 33.6 Å². The second-order valence-electron chi connectivity index (χ2n) is 58.3. The van der Waals surface area contributed by atoms with E-state index in [1.807, 2.05) is 159 Å². The summed E-state index contributed by atoms with van der Waals surface area (Å²) in [5.74, 6) is 10.1. The van der Waals surface area contributed by atoms with Crippen LogP contribution < -0.4 is 0 Å². The summed E-state index contributed by atoms with van der Waals surface area (Å²) < 4.78 is 79.2. The molecule has 18 rings (SSSR count). The number of carbonyl (C=O) groups is 7. The second kappa shape index (κ2) is 46.7. The maximum atomic E-state index is 12.2. The number of carbonyl (C=O) groups excluding carboxylic acids is 7. The summed E-state index contributed by atoms with van der Waals surface area (Å²) in [5.41, 5.74) is 0.0810. The van der Waals surface area contributed by atoms with E-state index in [1.165, 1.54) is 161 Å². The largest absolute Gasteiger partial charge is 0.438 e. The molecule has 18 aliphatic rings. The minimum absolute atomic E-state index is 0.0959. The average molecular weight is 2030 g/mol. The topological polar surface area (TPSA) is 249 Å². The van der Waals surface area contributed by atoms with Crippen LogP contribution in [0.4, 0.5) is 0 Å². The van der Waals surface area contributed by atoms with Crippen LogP contribution in [0.25, 0.3) is 0 Å². The summed E-state index contributed by atoms with van der Waals surface area (Å²) in [6.07, 6.45) is 41.1. The Bertz CT molecular complexity index is 4160. The van der Waals surface area contributed by atoms with E-state index in [4.69, 9.17) is 66.3 Å². The highest BCUT2D eigenvalue weighted by atomic mass is 16.7. The van der Waals surface area contributed by atoms with Crippen LogP contribution >= 0.6 is 0 Å². The van der Waals surface area contributed by atoms with Crippen molar-refractivity contribution in [2.75, 3.05) is 53.8 Å². The molecule has 18 saturated carbocycles. The Hall–Kier alpha value is -3.99. The van der Waals surface area contributed by atoms with Gasteiger partial charge in [0.25, 0.3) is 0 Å². The van der Waals surface area contributed by atoms with Crippen LogP contribution in [0.15, 0.2) is 0 Å². The molecule has 0 aromatic rings. The Balaban J connectivity index is 0.000000172. The van der Waals surface area contributed by atoms with Gasteiger partial charge in [0.05, 0.1) is 82.1 Å². The molecule has 21 nitrogen and oxygen atoms in total. The summed E-state index contributed by atoms with van der Waals surface area (Å²) in [6.45, 7) is 80.2. The van der Waals surface area contributed by atoms with Crippen LogP contribution in [0.5, 0.6) is 0 Å². The third-order valence-corrected chi connectivity index (χ3v) is 44.4. The molecule has 0 aliphatic heterocycles. The van der Waals surface area contributed by atoms with E-state index in [9.17, 15) is 33.6 Å².